The molecule has 0 aromatic rings. The van der Waals surface area contributed by atoms with Gasteiger partial charge in [0.05, 0.1) is 5.75 Å². The van der Waals surface area contributed by atoms with Crippen molar-refractivity contribution in [2.75, 3.05) is 25.9 Å². The molecule has 2 fully saturated rings. The van der Waals surface area contributed by atoms with E-state index >= 15 is 0 Å². The van der Waals surface area contributed by atoms with Crippen LogP contribution in [0.15, 0.2) is 0 Å². The molecule has 0 bridgehead atoms. The summed E-state index contributed by atoms with van der Waals surface area (Å²) in [7, 11) is -1.25. The number of amides is 2. The van der Waals surface area contributed by atoms with E-state index < -0.39 is 10.0 Å². The fraction of sp³-hybridized carbons (Fsp3) is 0.929. The van der Waals surface area contributed by atoms with Crippen LogP contribution in [0.2, 0.25) is 0 Å². The Morgan fingerprint density at radius 3 is 2.33 bits per heavy atom. The first kappa shape index (κ1) is 16.5. The summed E-state index contributed by atoms with van der Waals surface area (Å²) in [4.78, 5) is 14.0. The van der Waals surface area contributed by atoms with Crippen LogP contribution < -0.4 is 5.32 Å². The van der Waals surface area contributed by atoms with Crippen LogP contribution in [-0.4, -0.2) is 61.6 Å². The minimum Gasteiger partial charge on any atom is -0.335 e. The van der Waals surface area contributed by atoms with E-state index in [9.17, 15) is 13.2 Å². The van der Waals surface area contributed by atoms with Gasteiger partial charge in [-0.25, -0.2) is 17.5 Å². The zero-order valence-corrected chi connectivity index (χ0v) is 14.0. The minimum atomic E-state index is -3.10. The van der Waals surface area contributed by atoms with Gasteiger partial charge in [-0.3, -0.25) is 0 Å². The van der Waals surface area contributed by atoms with Crippen LogP contribution >= 0.6 is 0 Å². The van der Waals surface area contributed by atoms with Gasteiger partial charge in [-0.15, -0.1) is 0 Å². The van der Waals surface area contributed by atoms with Crippen LogP contribution in [0.25, 0.3) is 0 Å². The van der Waals surface area contributed by atoms with Gasteiger partial charge in [0, 0.05) is 32.2 Å². The van der Waals surface area contributed by atoms with Crippen LogP contribution in [0.4, 0.5) is 4.79 Å². The van der Waals surface area contributed by atoms with E-state index in [1.165, 1.54) is 17.1 Å². The van der Waals surface area contributed by atoms with Crippen molar-refractivity contribution in [3.8, 4) is 0 Å². The molecule has 0 aromatic heterocycles. The molecule has 7 heteroatoms. The highest BCUT2D eigenvalue weighted by Crippen LogP contribution is 2.34. The maximum atomic E-state index is 12.2. The largest absolute Gasteiger partial charge is 0.335 e. The third kappa shape index (κ3) is 4.10. The highest BCUT2D eigenvalue weighted by molar-refractivity contribution is 7.89. The standard InChI is InChI=1S/C14H27N3O3S/c1-4-21(19,20)17-9-7-13(8-10-17)15-14(18)16(3)11(2)12-5-6-12/h11-13H,4-10H2,1-3H3,(H,15,18). The second-order valence-electron chi connectivity index (χ2n) is 6.21. The molecule has 1 aliphatic heterocycles. The summed E-state index contributed by atoms with van der Waals surface area (Å²) < 4.78 is 25.1. The Morgan fingerprint density at radius 2 is 1.86 bits per heavy atom. The lowest BCUT2D eigenvalue weighted by Gasteiger charge is -2.33. The Kier molecular flexibility index (Phi) is 5.14. The Bertz CT molecular complexity index is 468. The monoisotopic (exact) mass is 317 g/mol. The number of carbonyl (C=O) groups is 1. The van der Waals surface area contributed by atoms with Crippen molar-refractivity contribution in [3.05, 3.63) is 0 Å². The van der Waals surface area contributed by atoms with Crippen LogP contribution in [0.1, 0.15) is 39.5 Å². The maximum Gasteiger partial charge on any atom is 0.317 e. The van der Waals surface area contributed by atoms with Gasteiger partial charge in [0.25, 0.3) is 0 Å². The second-order valence-corrected chi connectivity index (χ2v) is 8.47. The van der Waals surface area contributed by atoms with Crippen molar-refractivity contribution < 1.29 is 13.2 Å². The summed E-state index contributed by atoms with van der Waals surface area (Å²) in [6.07, 6.45) is 3.81. The summed E-state index contributed by atoms with van der Waals surface area (Å²) in [5, 5.41) is 3.04. The molecule has 2 aliphatic rings. The van der Waals surface area contributed by atoms with Gasteiger partial charge < -0.3 is 10.2 Å². The lowest BCUT2D eigenvalue weighted by Crippen LogP contribution is -2.51. The van der Waals surface area contributed by atoms with Crippen molar-refractivity contribution in [2.24, 2.45) is 5.92 Å². The minimum absolute atomic E-state index is 0.0359. The first-order valence-electron chi connectivity index (χ1n) is 7.86. The molecule has 1 unspecified atom stereocenters. The maximum absolute atomic E-state index is 12.2. The third-order valence-electron chi connectivity index (χ3n) is 4.78. The SMILES string of the molecule is CCS(=O)(=O)N1CCC(NC(=O)N(C)C(C)C2CC2)CC1. The molecule has 6 nitrogen and oxygen atoms in total. The van der Waals surface area contributed by atoms with Crippen molar-refractivity contribution >= 4 is 16.1 Å². The predicted molar refractivity (Wildman–Crippen MR) is 82.5 cm³/mol. The molecule has 21 heavy (non-hydrogen) atoms. The van der Waals surface area contributed by atoms with Gasteiger partial charge in [0.2, 0.25) is 10.0 Å². The van der Waals surface area contributed by atoms with Crippen molar-refractivity contribution in [1.82, 2.24) is 14.5 Å². The molecule has 0 aromatic carbocycles. The van der Waals surface area contributed by atoms with Crippen molar-refractivity contribution in [3.63, 3.8) is 0 Å². The predicted octanol–water partition coefficient (Wildman–Crippen LogP) is 1.24. The number of nitrogens with zero attached hydrogens (tertiary/aromatic N) is 2. The van der Waals surface area contributed by atoms with Crippen LogP contribution in [0, 0.1) is 5.92 Å². The molecule has 0 radical (unpaired) electrons. The lowest BCUT2D eigenvalue weighted by atomic mass is 10.1. The number of nitrogens with one attached hydrogen (secondary N) is 1. The van der Waals surface area contributed by atoms with Gasteiger partial charge in [-0.2, -0.15) is 0 Å². The van der Waals surface area contributed by atoms with E-state index in [2.05, 4.69) is 12.2 Å². The number of rotatable bonds is 5. The Hall–Kier alpha value is -0.820. The van der Waals surface area contributed by atoms with Gasteiger partial charge >= 0.3 is 6.03 Å². The molecular weight excluding hydrogens is 290 g/mol. The highest BCUT2D eigenvalue weighted by atomic mass is 32.2. The van der Waals surface area contributed by atoms with E-state index in [0.29, 0.717) is 31.8 Å². The molecule has 122 valence electrons. The fourth-order valence-electron chi connectivity index (χ4n) is 2.82. The lowest BCUT2D eigenvalue weighted by molar-refractivity contribution is 0.178. The van der Waals surface area contributed by atoms with Gasteiger partial charge in [0.1, 0.15) is 0 Å². The highest BCUT2D eigenvalue weighted by Gasteiger charge is 2.33. The molecule has 1 heterocycles. The van der Waals surface area contributed by atoms with Gasteiger partial charge in [-0.1, -0.05) is 0 Å². The summed E-state index contributed by atoms with van der Waals surface area (Å²) >= 11 is 0. The topological polar surface area (TPSA) is 69.7 Å². The first-order valence-corrected chi connectivity index (χ1v) is 9.47. The zero-order chi connectivity index (χ0) is 15.6. The quantitative estimate of drug-likeness (QED) is 0.829. The number of sulfonamides is 1. The molecule has 2 rings (SSSR count). The third-order valence-corrected chi connectivity index (χ3v) is 6.66. The number of piperidine rings is 1. The summed E-state index contributed by atoms with van der Waals surface area (Å²) in [5.74, 6) is 0.795. The molecule has 1 aliphatic carbocycles. The molecule has 1 N–H and O–H groups in total. The van der Waals surface area contributed by atoms with Gasteiger partial charge in [-0.05, 0) is 45.4 Å². The summed E-state index contributed by atoms with van der Waals surface area (Å²) in [6.45, 7) is 4.76. The van der Waals surface area contributed by atoms with Gasteiger partial charge in [0.15, 0.2) is 0 Å². The number of urea groups is 1. The molecule has 1 atom stereocenters. The molecular formula is C14H27N3O3S. The molecule has 1 saturated carbocycles. The number of hydrogen-bond acceptors (Lipinski definition) is 3. The van der Waals surface area contributed by atoms with E-state index in [4.69, 9.17) is 0 Å². The number of hydrogen-bond donors (Lipinski definition) is 1. The van der Waals surface area contributed by atoms with Crippen LogP contribution in [0.5, 0.6) is 0 Å². The molecule has 1 saturated heterocycles. The number of carbonyl (C=O) groups excluding carboxylic acids is 1. The summed E-state index contributed by atoms with van der Waals surface area (Å²) in [6, 6.07) is 0.325. The summed E-state index contributed by atoms with van der Waals surface area (Å²) in [5.41, 5.74) is 0. The van der Waals surface area contributed by atoms with Crippen LogP contribution in [0.3, 0.4) is 0 Å². The van der Waals surface area contributed by atoms with Crippen LogP contribution in [-0.2, 0) is 10.0 Å². The van der Waals surface area contributed by atoms with E-state index in [1.807, 2.05) is 7.05 Å². The Morgan fingerprint density at radius 1 is 1.29 bits per heavy atom. The zero-order valence-electron chi connectivity index (χ0n) is 13.2. The Labute approximate surface area is 127 Å². The fourth-order valence-corrected chi connectivity index (χ4v) is 3.95. The normalized spacial score (nSPS) is 22.8. The molecule has 0 spiro atoms. The smallest absolute Gasteiger partial charge is 0.317 e. The Balaban J connectivity index is 1.79. The van der Waals surface area contributed by atoms with E-state index in [1.54, 1.807) is 11.8 Å². The first-order chi connectivity index (χ1) is 9.85. The second kappa shape index (κ2) is 6.52. The van der Waals surface area contributed by atoms with Crippen molar-refractivity contribution in [2.45, 2.75) is 51.6 Å². The van der Waals surface area contributed by atoms with E-state index in [0.717, 1.165) is 0 Å². The average Bonchev–Trinajstić information content (AvgIpc) is 3.31. The molecule has 2 amide bonds. The van der Waals surface area contributed by atoms with Crippen molar-refractivity contribution in [1.29, 1.82) is 0 Å². The average molecular weight is 317 g/mol. The van der Waals surface area contributed by atoms with E-state index in [-0.39, 0.29) is 23.9 Å².